The second-order valence-electron chi connectivity index (χ2n) is 15.7. The second-order valence-corrected chi connectivity index (χ2v) is 18.0. The predicted octanol–water partition coefficient (Wildman–Crippen LogP) is 8.47. The highest BCUT2D eigenvalue weighted by atomic mass is 31.2. The summed E-state index contributed by atoms with van der Waals surface area (Å²) in [6.07, 6.45) is 11.2. The maximum Gasteiger partial charge on any atom is 0.330 e. The van der Waals surface area contributed by atoms with Crippen molar-refractivity contribution in [3.05, 3.63) is 23.3 Å². The zero-order valence-corrected chi connectivity index (χ0v) is 28.0. The van der Waals surface area contributed by atoms with Crippen molar-refractivity contribution >= 4 is 19.2 Å². The molecule has 0 saturated heterocycles. The molecule has 0 unspecified atom stereocenters. The van der Waals surface area contributed by atoms with Gasteiger partial charge in [-0.1, -0.05) is 73.5 Å². The first-order chi connectivity index (χ1) is 18.8. The number of carbonyl (C=O) groups is 2. The Bertz CT molecular complexity index is 1260. The average Bonchev–Trinajstić information content (AvgIpc) is 2.92. The van der Waals surface area contributed by atoms with E-state index in [1.165, 1.54) is 14.2 Å². The Hall–Kier alpha value is -1.54. The van der Waals surface area contributed by atoms with Crippen molar-refractivity contribution in [2.45, 2.75) is 107 Å². The highest BCUT2D eigenvalue weighted by Crippen LogP contribution is 2.73. The molecule has 4 rings (SSSR count). The molecule has 0 N–H and O–H groups in total. The quantitative estimate of drug-likeness (QED) is 0.265. The Labute approximate surface area is 248 Å². The molecule has 0 aromatic rings. The molecule has 7 heteroatoms. The monoisotopic (exact) mass is 585 g/mol. The number of nitriles is 1. The summed E-state index contributed by atoms with van der Waals surface area (Å²) < 4.78 is 24.5. The molecule has 6 atom stereocenters. The molecule has 0 aliphatic heterocycles. The molecule has 0 radical (unpaired) electrons. The molecule has 4 aliphatic carbocycles. The van der Waals surface area contributed by atoms with Gasteiger partial charge in [-0.25, -0.2) is 0 Å². The van der Waals surface area contributed by atoms with Gasteiger partial charge in [-0.2, -0.15) is 5.26 Å². The van der Waals surface area contributed by atoms with Gasteiger partial charge in [-0.3, -0.25) is 14.2 Å². The third kappa shape index (κ3) is 4.87. The van der Waals surface area contributed by atoms with Gasteiger partial charge in [0.05, 0.1) is 11.7 Å². The molecular formula is C34H52NO5P. The van der Waals surface area contributed by atoms with E-state index >= 15 is 0 Å². The van der Waals surface area contributed by atoms with Gasteiger partial charge >= 0.3 is 7.60 Å². The smallest absolute Gasteiger partial charge is 0.312 e. The lowest BCUT2D eigenvalue weighted by molar-refractivity contribution is -0.146. The van der Waals surface area contributed by atoms with Crippen molar-refractivity contribution in [1.29, 1.82) is 5.26 Å². The van der Waals surface area contributed by atoms with Crippen LogP contribution in [0.25, 0.3) is 0 Å². The van der Waals surface area contributed by atoms with Gasteiger partial charge in [0.2, 0.25) is 0 Å². The van der Waals surface area contributed by atoms with Crippen LogP contribution in [-0.2, 0) is 23.2 Å². The SMILES string of the molecule is CCC(C)(C)CC[C@]1(CP(=O)(OC)OC)CC[C@]2(C)[C@@H](C1)C(=O)C=C1[C@@]3(C)C=C(C#N)C(=O)C(C)(C)[C@@H]3CC[C@]12C. The minimum Gasteiger partial charge on any atom is -0.312 e. The van der Waals surface area contributed by atoms with Gasteiger partial charge in [-0.05, 0) is 78.6 Å². The number of nitrogens with zero attached hydrogens (tertiary/aromatic N) is 1. The molecule has 0 spiro atoms. The van der Waals surface area contributed by atoms with Crippen LogP contribution in [0.2, 0.25) is 0 Å². The Balaban J connectivity index is 1.81. The third-order valence-electron chi connectivity index (χ3n) is 12.9. The van der Waals surface area contributed by atoms with E-state index in [1.807, 2.05) is 26.0 Å². The molecule has 0 aromatic heterocycles. The van der Waals surface area contributed by atoms with Crippen LogP contribution < -0.4 is 0 Å². The summed E-state index contributed by atoms with van der Waals surface area (Å²) in [6, 6.07) is 2.18. The van der Waals surface area contributed by atoms with Gasteiger partial charge in [0.15, 0.2) is 11.6 Å². The number of Topliss-reactive ketones (excluding diaryl/α,β-unsaturated/α-hetero) is 1. The fourth-order valence-corrected chi connectivity index (χ4v) is 11.1. The van der Waals surface area contributed by atoms with E-state index in [1.54, 1.807) is 0 Å². The van der Waals surface area contributed by atoms with E-state index < -0.39 is 18.4 Å². The fourth-order valence-electron chi connectivity index (χ4n) is 9.42. The van der Waals surface area contributed by atoms with Crippen molar-refractivity contribution in [2.24, 2.45) is 44.3 Å². The molecule has 228 valence electrons. The van der Waals surface area contributed by atoms with Gasteiger partial charge in [0, 0.05) is 31.0 Å². The number of fused-ring (bicyclic) bond motifs is 5. The van der Waals surface area contributed by atoms with Crippen LogP contribution in [0.3, 0.4) is 0 Å². The normalized spacial score (nSPS) is 38.7. The average molecular weight is 586 g/mol. The minimum absolute atomic E-state index is 0.0279. The van der Waals surface area contributed by atoms with Gasteiger partial charge in [0.25, 0.3) is 0 Å². The lowest BCUT2D eigenvalue weighted by Crippen LogP contribution is -2.62. The Morgan fingerprint density at radius 3 is 2.27 bits per heavy atom. The van der Waals surface area contributed by atoms with Crippen LogP contribution in [0.4, 0.5) is 0 Å². The Kier molecular flexibility index (Phi) is 8.12. The molecule has 2 fully saturated rings. The summed E-state index contributed by atoms with van der Waals surface area (Å²) in [5, 5.41) is 9.90. The van der Waals surface area contributed by atoms with Crippen molar-refractivity contribution in [2.75, 3.05) is 20.4 Å². The highest BCUT2D eigenvalue weighted by Gasteiger charge is 2.67. The van der Waals surface area contributed by atoms with Crippen molar-refractivity contribution in [1.82, 2.24) is 0 Å². The number of hydrogen-bond donors (Lipinski definition) is 0. The largest absolute Gasteiger partial charge is 0.330 e. The summed E-state index contributed by atoms with van der Waals surface area (Å²) in [7, 11) is -0.380. The fraction of sp³-hybridized carbons (Fsp3) is 0.794. The lowest BCUT2D eigenvalue weighted by atomic mass is 9.37. The van der Waals surface area contributed by atoms with Crippen molar-refractivity contribution in [3.8, 4) is 6.07 Å². The molecule has 0 bridgehead atoms. The van der Waals surface area contributed by atoms with Gasteiger partial charge in [-0.15, -0.1) is 0 Å². The summed E-state index contributed by atoms with van der Waals surface area (Å²) in [5.74, 6) is -0.127. The lowest BCUT2D eigenvalue weighted by Gasteiger charge is -2.66. The standard InChI is InChI=1S/C34H52NO5P/c1-11-29(2,3)14-16-34(22-41(38,39-9)40-10)17-15-32(7)24(20-34)25(36)18-27-31(6)19-23(21-35)28(37)30(4,5)26(31)12-13-33(27,32)8/h18-19,24,26H,11-17,20,22H2,1-10H3/t24-,26-,31-,32+,33+,34-/m0/s1. The first-order valence-electron chi connectivity index (χ1n) is 15.5. The minimum atomic E-state index is -3.30. The van der Waals surface area contributed by atoms with Crippen LogP contribution in [0, 0.1) is 55.7 Å². The summed E-state index contributed by atoms with van der Waals surface area (Å²) in [4.78, 5) is 27.6. The third-order valence-corrected chi connectivity index (χ3v) is 15.1. The number of allylic oxidation sites excluding steroid dienone is 4. The van der Waals surface area contributed by atoms with Gasteiger partial charge < -0.3 is 9.05 Å². The molecule has 0 heterocycles. The zero-order chi connectivity index (χ0) is 30.9. The van der Waals surface area contributed by atoms with Crippen LogP contribution in [0.5, 0.6) is 0 Å². The predicted molar refractivity (Wildman–Crippen MR) is 162 cm³/mol. The summed E-state index contributed by atoms with van der Waals surface area (Å²) in [6.45, 7) is 17.5. The van der Waals surface area contributed by atoms with E-state index in [9.17, 15) is 19.4 Å². The first kappa shape index (κ1) is 32.4. The molecule has 4 aliphatic rings. The molecule has 0 aromatic carbocycles. The Morgan fingerprint density at radius 1 is 1.07 bits per heavy atom. The van der Waals surface area contributed by atoms with E-state index in [4.69, 9.17) is 9.05 Å². The summed E-state index contributed by atoms with van der Waals surface area (Å²) in [5.41, 5.74) is -0.617. The second kappa shape index (κ2) is 10.3. The van der Waals surface area contributed by atoms with Crippen molar-refractivity contribution < 1.29 is 23.2 Å². The molecule has 2 saturated carbocycles. The van der Waals surface area contributed by atoms with Crippen LogP contribution in [-0.4, -0.2) is 31.9 Å². The van der Waals surface area contributed by atoms with Crippen LogP contribution in [0.15, 0.2) is 23.3 Å². The molecular weight excluding hydrogens is 533 g/mol. The topological polar surface area (TPSA) is 93.5 Å². The number of ketones is 2. The van der Waals surface area contributed by atoms with Crippen molar-refractivity contribution in [3.63, 3.8) is 0 Å². The maximum atomic E-state index is 14.3. The maximum absolute atomic E-state index is 14.3. The van der Waals surface area contributed by atoms with Crippen LogP contribution >= 0.6 is 7.60 Å². The molecule has 6 nitrogen and oxygen atoms in total. The molecule has 41 heavy (non-hydrogen) atoms. The summed E-state index contributed by atoms with van der Waals surface area (Å²) >= 11 is 0. The van der Waals surface area contributed by atoms with E-state index in [-0.39, 0.29) is 50.6 Å². The Morgan fingerprint density at radius 2 is 1.71 bits per heavy atom. The first-order valence-corrected chi connectivity index (χ1v) is 17.2. The van der Waals surface area contributed by atoms with Gasteiger partial charge in [0.1, 0.15) is 6.07 Å². The number of carbonyl (C=O) groups excluding carboxylic acids is 2. The number of hydrogen-bond acceptors (Lipinski definition) is 6. The highest BCUT2D eigenvalue weighted by molar-refractivity contribution is 7.53. The van der Waals surface area contributed by atoms with E-state index in [2.05, 4.69) is 47.6 Å². The van der Waals surface area contributed by atoms with E-state index in [0.29, 0.717) is 12.6 Å². The molecule has 0 amide bonds. The number of rotatable bonds is 8. The van der Waals surface area contributed by atoms with E-state index in [0.717, 1.165) is 50.5 Å². The zero-order valence-electron chi connectivity index (χ0n) is 27.1. The van der Waals surface area contributed by atoms with Crippen LogP contribution in [0.1, 0.15) is 107 Å².